The van der Waals surface area contributed by atoms with Crippen molar-refractivity contribution in [3.8, 4) is 0 Å². The van der Waals surface area contributed by atoms with Gasteiger partial charge in [-0.25, -0.2) is 0 Å². The van der Waals surface area contributed by atoms with E-state index in [9.17, 15) is 15.0 Å². The first-order chi connectivity index (χ1) is 11.3. The summed E-state index contributed by atoms with van der Waals surface area (Å²) in [5, 5.41) is 22.4. The first-order valence-electron chi connectivity index (χ1n) is 9.52. The molecule has 24 heavy (non-hydrogen) atoms. The van der Waals surface area contributed by atoms with Crippen LogP contribution in [-0.2, 0) is 4.79 Å². The van der Waals surface area contributed by atoms with Crippen LogP contribution in [0.4, 0.5) is 0 Å². The predicted molar refractivity (Wildman–Crippen MR) is 93.4 cm³/mol. The molecule has 4 saturated carbocycles. The summed E-state index contributed by atoms with van der Waals surface area (Å²) >= 11 is 0. The van der Waals surface area contributed by atoms with E-state index >= 15 is 0 Å². The van der Waals surface area contributed by atoms with Crippen molar-refractivity contribution >= 4 is 5.91 Å². The zero-order valence-corrected chi connectivity index (χ0v) is 15.4. The number of carbonyl (C=O) groups excluding carboxylic acids is 1. The molecule has 1 amide bonds. The average molecular weight is 338 g/mol. The van der Waals surface area contributed by atoms with Crippen LogP contribution in [0.5, 0.6) is 0 Å². The number of hydrogen-bond acceptors (Lipinski definition) is 4. The van der Waals surface area contributed by atoms with Crippen LogP contribution in [0, 0.1) is 23.2 Å². The van der Waals surface area contributed by atoms with E-state index in [0.29, 0.717) is 6.54 Å². The molecule has 4 aliphatic carbocycles. The molecule has 0 saturated heterocycles. The summed E-state index contributed by atoms with van der Waals surface area (Å²) in [6, 6.07) is -0.254. The van der Waals surface area contributed by atoms with Gasteiger partial charge in [0.1, 0.15) is 0 Å². The van der Waals surface area contributed by atoms with Gasteiger partial charge in [0.15, 0.2) is 0 Å². The quantitative estimate of drug-likeness (QED) is 0.656. The fourth-order valence-electron chi connectivity index (χ4n) is 5.72. The molecule has 4 aliphatic rings. The molecule has 4 fully saturated rings. The number of nitrogens with one attached hydrogen (secondary N) is 1. The zero-order valence-electron chi connectivity index (χ0n) is 15.4. The van der Waals surface area contributed by atoms with Gasteiger partial charge in [-0.15, -0.1) is 0 Å². The van der Waals surface area contributed by atoms with Crippen LogP contribution in [0.2, 0.25) is 0 Å². The maximum Gasteiger partial charge on any atom is 0.237 e. The molecule has 1 atom stereocenters. The minimum atomic E-state index is -0.579. The minimum Gasteiger partial charge on any atom is -0.396 e. The summed E-state index contributed by atoms with van der Waals surface area (Å²) in [4.78, 5) is 14.8. The standard InChI is InChI=1S/C19H34N2O3/c1-13(21(3)10-18(2,11-22)12-23)17(24)20-19-7-14-4-15(8-19)6-16(5-14)9-19/h13-16,22-23H,4-12H2,1-3H3,(H,20,24). The van der Waals surface area contributed by atoms with Gasteiger partial charge < -0.3 is 15.5 Å². The van der Waals surface area contributed by atoms with Crippen molar-refractivity contribution in [1.82, 2.24) is 10.2 Å². The normalized spacial score (nSPS) is 36.2. The van der Waals surface area contributed by atoms with Gasteiger partial charge in [-0.3, -0.25) is 9.69 Å². The molecule has 0 heterocycles. The second kappa shape index (κ2) is 6.58. The highest BCUT2D eigenvalue weighted by Crippen LogP contribution is 2.55. The number of carbonyl (C=O) groups is 1. The van der Waals surface area contributed by atoms with E-state index < -0.39 is 5.41 Å². The highest BCUT2D eigenvalue weighted by atomic mass is 16.3. The maximum absolute atomic E-state index is 12.9. The van der Waals surface area contributed by atoms with Crippen molar-refractivity contribution < 1.29 is 15.0 Å². The Kier molecular flexibility index (Phi) is 4.98. The molecular weight excluding hydrogens is 304 g/mol. The Labute approximate surface area is 145 Å². The molecule has 0 spiro atoms. The van der Waals surface area contributed by atoms with Crippen LogP contribution in [0.25, 0.3) is 0 Å². The van der Waals surface area contributed by atoms with E-state index in [1.807, 2.05) is 25.8 Å². The maximum atomic E-state index is 12.9. The summed E-state index contributed by atoms with van der Waals surface area (Å²) in [6.07, 6.45) is 7.59. The highest BCUT2D eigenvalue weighted by molar-refractivity contribution is 5.82. The summed E-state index contributed by atoms with van der Waals surface area (Å²) in [5.41, 5.74) is -0.540. The third-order valence-corrected chi connectivity index (χ3v) is 6.86. The second-order valence-corrected chi connectivity index (χ2v) is 9.41. The molecule has 138 valence electrons. The second-order valence-electron chi connectivity index (χ2n) is 9.41. The number of rotatable bonds is 7. The highest BCUT2D eigenvalue weighted by Gasteiger charge is 2.51. The van der Waals surface area contributed by atoms with Crippen LogP contribution in [0.3, 0.4) is 0 Å². The van der Waals surface area contributed by atoms with Crippen molar-refractivity contribution in [2.75, 3.05) is 26.8 Å². The number of likely N-dealkylation sites (N-methyl/N-ethyl adjacent to an activating group) is 1. The average Bonchev–Trinajstić information content (AvgIpc) is 2.52. The van der Waals surface area contributed by atoms with E-state index in [-0.39, 0.29) is 30.7 Å². The van der Waals surface area contributed by atoms with E-state index in [1.54, 1.807) is 0 Å². The largest absolute Gasteiger partial charge is 0.396 e. The van der Waals surface area contributed by atoms with Gasteiger partial charge >= 0.3 is 0 Å². The van der Waals surface area contributed by atoms with Crippen LogP contribution in [-0.4, -0.2) is 59.4 Å². The molecule has 3 N–H and O–H groups in total. The van der Waals surface area contributed by atoms with Gasteiger partial charge in [0.2, 0.25) is 5.91 Å². The van der Waals surface area contributed by atoms with Gasteiger partial charge in [0.05, 0.1) is 19.3 Å². The molecule has 5 nitrogen and oxygen atoms in total. The van der Waals surface area contributed by atoms with E-state index in [0.717, 1.165) is 37.0 Å². The van der Waals surface area contributed by atoms with Crippen molar-refractivity contribution in [3.63, 3.8) is 0 Å². The smallest absolute Gasteiger partial charge is 0.237 e. The Bertz CT molecular complexity index is 440. The topological polar surface area (TPSA) is 72.8 Å². The Hall–Kier alpha value is -0.650. The van der Waals surface area contributed by atoms with Gasteiger partial charge in [-0.05, 0) is 70.3 Å². The Morgan fingerprint density at radius 3 is 2.04 bits per heavy atom. The van der Waals surface area contributed by atoms with Crippen LogP contribution in [0.1, 0.15) is 52.4 Å². The third-order valence-electron chi connectivity index (χ3n) is 6.86. The lowest BCUT2D eigenvalue weighted by Gasteiger charge is -2.57. The number of hydrogen-bond donors (Lipinski definition) is 3. The van der Waals surface area contributed by atoms with Gasteiger partial charge in [0.25, 0.3) is 0 Å². The van der Waals surface area contributed by atoms with E-state index in [1.165, 1.54) is 19.3 Å². The SMILES string of the molecule is CC(C(=O)NC12CC3CC(CC(C3)C1)C2)N(C)CC(C)(CO)CO. The lowest BCUT2D eigenvalue weighted by molar-refractivity contribution is -0.132. The van der Waals surface area contributed by atoms with Gasteiger partial charge in [-0.2, -0.15) is 0 Å². The van der Waals surface area contributed by atoms with Crippen molar-refractivity contribution in [3.05, 3.63) is 0 Å². The molecule has 0 aromatic rings. The molecule has 5 heteroatoms. The summed E-state index contributed by atoms with van der Waals surface area (Å²) in [6.45, 7) is 4.09. The van der Waals surface area contributed by atoms with Crippen molar-refractivity contribution in [2.24, 2.45) is 23.2 Å². The van der Waals surface area contributed by atoms with Crippen molar-refractivity contribution in [1.29, 1.82) is 0 Å². The summed E-state index contributed by atoms with van der Waals surface area (Å²) in [7, 11) is 1.90. The third kappa shape index (κ3) is 3.49. The van der Waals surface area contributed by atoms with Gasteiger partial charge in [0, 0.05) is 17.5 Å². The number of aliphatic hydroxyl groups excluding tert-OH is 2. The number of nitrogens with zero attached hydrogens (tertiary/aromatic N) is 1. The van der Waals surface area contributed by atoms with Gasteiger partial charge in [-0.1, -0.05) is 6.92 Å². The summed E-state index contributed by atoms with van der Waals surface area (Å²) in [5.74, 6) is 2.54. The van der Waals surface area contributed by atoms with Crippen LogP contribution in [0.15, 0.2) is 0 Å². The fraction of sp³-hybridized carbons (Fsp3) is 0.947. The number of aliphatic hydroxyl groups is 2. The first kappa shape index (κ1) is 18.2. The lowest BCUT2D eigenvalue weighted by Crippen LogP contribution is -2.62. The monoisotopic (exact) mass is 338 g/mol. The fourth-order valence-corrected chi connectivity index (χ4v) is 5.72. The molecule has 4 rings (SSSR count). The lowest BCUT2D eigenvalue weighted by atomic mass is 9.53. The van der Waals surface area contributed by atoms with Crippen molar-refractivity contribution in [2.45, 2.75) is 64.0 Å². The molecule has 0 aromatic carbocycles. The molecule has 1 unspecified atom stereocenters. The molecular formula is C19H34N2O3. The first-order valence-corrected chi connectivity index (χ1v) is 9.52. The molecule has 0 radical (unpaired) electrons. The van der Waals surface area contributed by atoms with Crippen LogP contribution >= 0.6 is 0 Å². The van der Waals surface area contributed by atoms with E-state index in [4.69, 9.17) is 0 Å². The Morgan fingerprint density at radius 2 is 1.62 bits per heavy atom. The zero-order chi connectivity index (χ0) is 17.5. The minimum absolute atomic E-state index is 0.0399. The predicted octanol–water partition coefficient (Wildman–Crippen LogP) is 1.38. The van der Waals surface area contributed by atoms with E-state index in [2.05, 4.69) is 5.32 Å². The molecule has 4 bridgehead atoms. The number of amides is 1. The summed E-state index contributed by atoms with van der Waals surface area (Å²) < 4.78 is 0. The Morgan fingerprint density at radius 1 is 1.17 bits per heavy atom. The van der Waals surface area contributed by atoms with Crippen LogP contribution < -0.4 is 5.32 Å². The molecule has 0 aromatic heterocycles. The Balaban J connectivity index is 1.60. The molecule has 0 aliphatic heterocycles.